The number of para-hydroxylation sites is 1. The average Bonchev–Trinajstić information content (AvgIpc) is 2.56. The largest absolute Gasteiger partial charge is 0.476 e. The van der Waals surface area contributed by atoms with Gasteiger partial charge in [0.15, 0.2) is 5.71 Å². The fraction of sp³-hybridized carbons (Fsp3) is 0. The number of carboxylic acid groups (broad SMARTS) is 1. The monoisotopic (exact) mass is 291 g/mol. The number of nitrogens with one attached hydrogen (secondary N) is 1. The summed E-state index contributed by atoms with van der Waals surface area (Å²) in [5, 5.41) is 14.3. The van der Waals surface area contributed by atoms with Crippen molar-refractivity contribution in [2.45, 2.75) is 0 Å². The highest BCUT2D eigenvalue weighted by atomic mass is 16.4. The van der Waals surface area contributed by atoms with Gasteiger partial charge in [0, 0.05) is 17.1 Å². The Bertz CT molecular complexity index is 839. The summed E-state index contributed by atoms with van der Waals surface area (Å²) in [7, 11) is 0. The van der Waals surface area contributed by atoms with Crippen LogP contribution in [0.5, 0.6) is 0 Å². The molecular formula is C17H13N3O2. The van der Waals surface area contributed by atoms with Crippen molar-refractivity contribution < 1.29 is 9.90 Å². The number of rotatable bonds is 4. The summed E-state index contributed by atoms with van der Waals surface area (Å²) < 4.78 is 0. The third kappa shape index (κ3) is 2.78. The van der Waals surface area contributed by atoms with Gasteiger partial charge in [-0.15, -0.1) is 0 Å². The Hall–Kier alpha value is -3.21. The van der Waals surface area contributed by atoms with Gasteiger partial charge in [0.2, 0.25) is 0 Å². The number of fused-ring (bicyclic) bond motifs is 1. The van der Waals surface area contributed by atoms with Gasteiger partial charge in [0.25, 0.3) is 0 Å². The van der Waals surface area contributed by atoms with Gasteiger partial charge in [-0.1, -0.05) is 48.5 Å². The second-order valence-corrected chi connectivity index (χ2v) is 4.62. The van der Waals surface area contributed by atoms with Gasteiger partial charge < -0.3 is 5.11 Å². The Morgan fingerprint density at radius 3 is 2.55 bits per heavy atom. The quantitative estimate of drug-likeness (QED) is 0.572. The fourth-order valence-corrected chi connectivity index (χ4v) is 2.14. The summed E-state index contributed by atoms with van der Waals surface area (Å²) in [5.41, 5.74) is 4.70. The van der Waals surface area contributed by atoms with Crippen LogP contribution in [-0.2, 0) is 4.79 Å². The Balaban J connectivity index is 1.98. The number of anilines is 1. The Labute approximate surface area is 126 Å². The van der Waals surface area contributed by atoms with E-state index in [-0.39, 0.29) is 5.71 Å². The van der Waals surface area contributed by atoms with Crippen LogP contribution in [0.3, 0.4) is 0 Å². The van der Waals surface area contributed by atoms with Gasteiger partial charge >= 0.3 is 5.97 Å². The van der Waals surface area contributed by atoms with Crippen LogP contribution in [-0.4, -0.2) is 21.8 Å². The molecule has 5 nitrogen and oxygen atoms in total. The zero-order chi connectivity index (χ0) is 15.4. The zero-order valence-electron chi connectivity index (χ0n) is 11.6. The van der Waals surface area contributed by atoms with Crippen molar-refractivity contribution >= 4 is 28.3 Å². The van der Waals surface area contributed by atoms with E-state index >= 15 is 0 Å². The number of hydrogen-bond acceptors (Lipinski definition) is 4. The lowest BCUT2D eigenvalue weighted by Crippen LogP contribution is -2.16. The van der Waals surface area contributed by atoms with Gasteiger partial charge in [-0.3, -0.25) is 10.4 Å². The smallest absolute Gasteiger partial charge is 0.356 e. The summed E-state index contributed by atoms with van der Waals surface area (Å²) in [6.45, 7) is 0. The third-order valence-electron chi connectivity index (χ3n) is 3.17. The van der Waals surface area contributed by atoms with Crippen LogP contribution in [0.25, 0.3) is 10.9 Å². The number of hydrogen-bond donors (Lipinski definition) is 2. The number of pyridine rings is 1. The van der Waals surface area contributed by atoms with Gasteiger partial charge in [-0.2, -0.15) is 5.10 Å². The molecule has 0 aliphatic heterocycles. The molecule has 0 fully saturated rings. The first-order chi connectivity index (χ1) is 10.8. The predicted octanol–water partition coefficient (Wildman–Crippen LogP) is 3.14. The van der Waals surface area contributed by atoms with Crippen LogP contribution in [0, 0.1) is 0 Å². The molecule has 0 saturated carbocycles. The minimum atomic E-state index is -1.09. The van der Waals surface area contributed by atoms with Gasteiger partial charge in [0.1, 0.15) is 0 Å². The molecule has 3 aromatic rings. The zero-order valence-corrected chi connectivity index (χ0v) is 11.6. The Morgan fingerprint density at radius 2 is 1.77 bits per heavy atom. The Kier molecular flexibility index (Phi) is 3.78. The van der Waals surface area contributed by atoms with E-state index in [1.54, 1.807) is 30.5 Å². The minimum absolute atomic E-state index is 0.0477. The van der Waals surface area contributed by atoms with E-state index in [0.717, 1.165) is 10.9 Å². The molecule has 0 radical (unpaired) electrons. The van der Waals surface area contributed by atoms with E-state index in [9.17, 15) is 9.90 Å². The molecule has 3 rings (SSSR count). The number of nitrogens with zero attached hydrogens (tertiary/aromatic N) is 2. The van der Waals surface area contributed by atoms with Crippen LogP contribution < -0.4 is 5.43 Å². The van der Waals surface area contributed by atoms with E-state index in [1.807, 2.05) is 36.4 Å². The van der Waals surface area contributed by atoms with Gasteiger partial charge in [0.05, 0.1) is 11.2 Å². The van der Waals surface area contributed by atoms with Crippen molar-refractivity contribution in [1.82, 2.24) is 4.98 Å². The molecule has 2 N–H and O–H groups in total. The highest BCUT2D eigenvalue weighted by Crippen LogP contribution is 2.20. The molecule has 0 saturated heterocycles. The van der Waals surface area contributed by atoms with Gasteiger partial charge in [-0.05, 0) is 12.1 Å². The SMILES string of the molecule is O=C(O)/C(=N\Nc1cccc2cccnc12)c1ccccc1. The molecule has 0 amide bonds. The van der Waals surface area contributed by atoms with Crippen molar-refractivity contribution in [1.29, 1.82) is 0 Å². The van der Waals surface area contributed by atoms with E-state index in [2.05, 4.69) is 15.5 Å². The number of benzene rings is 2. The Morgan fingerprint density at radius 1 is 1.00 bits per heavy atom. The maximum absolute atomic E-state index is 11.4. The molecule has 5 heteroatoms. The first kappa shape index (κ1) is 13.8. The summed E-state index contributed by atoms with van der Waals surface area (Å²) >= 11 is 0. The normalized spacial score (nSPS) is 11.4. The second-order valence-electron chi connectivity index (χ2n) is 4.62. The van der Waals surface area contributed by atoms with Crippen molar-refractivity contribution in [3.05, 3.63) is 72.4 Å². The first-order valence-corrected chi connectivity index (χ1v) is 6.72. The summed E-state index contributed by atoms with van der Waals surface area (Å²) in [4.78, 5) is 15.7. The van der Waals surface area contributed by atoms with Crippen molar-refractivity contribution in [2.75, 3.05) is 5.43 Å². The van der Waals surface area contributed by atoms with Crippen LogP contribution in [0.2, 0.25) is 0 Å². The lowest BCUT2D eigenvalue weighted by molar-refractivity contribution is -0.129. The lowest BCUT2D eigenvalue weighted by Gasteiger charge is -2.06. The van der Waals surface area contributed by atoms with Crippen LogP contribution >= 0.6 is 0 Å². The molecule has 0 atom stereocenters. The van der Waals surface area contributed by atoms with Crippen molar-refractivity contribution in [2.24, 2.45) is 5.10 Å². The maximum atomic E-state index is 11.4. The molecule has 1 heterocycles. The fourth-order valence-electron chi connectivity index (χ4n) is 2.14. The third-order valence-corrected chi connectivity index (χ3v) is 3.17. The van der Waals surface area contributed by atoms with Crippen molar-refractivity contribution in [3.63, 3.8) is 0 Å². The molecule has 0 bridgehead atoms. The van der Waals surface area contributed by atoms with E-state index in [4.69, 9.17) is 0 Å². The highest BCUT2D eigenvalue weighted by molar-refractivity contribution is 6.42. The van der Waals surface area contributed by atoms with E-state index in [0.29, 0.717) is 11.3 Å². The number of aromatic nitrogens is 1. The van der Waals surface area contributed by atoms with E-state index in [1.165, 1.54) is 0 Å². The molecule has 0 aliphatic carbocycles. The summed E-state index contributed by atoms with van der Waals surface area (Å²) in [6, 6.07) is 18.2. The second kappa shape index (κ2) is 6.05. The molecule has 108 valence electrons. The molecule has 0 spiro atoms. The van der Waals surface area contributed by atoms with Crippen LogP contribution in [0.1, 0.15) is 5.56 Å². The van der Waals surface area contributed by atoms with Gasteiger partial charge in [-0.25, -0.2) is 4.79 Å². The topological polar surface area (TPSA) is 74.6 Å². The van der Waals surface area contributed by atoms with Crippen LogP contribution in [0.4, 0.5) is 5.69 Å². The first-order valence-electron chi connectivity index (χ1n) is 6.72. The molecule has 1 aromatic heterocycles. The minimum Gasteiger partial charge on any atom is -0.476 e. The number of carboxylic acids is 1. The molecule has 22 heavy (non-hydrogen) atoms. The van der Waals surface area contributed by atoms with Crippen molar-refractivity contribution in [3.8, 4) is 0 Å². The number of carbonyl (C=O) groups is 1. The predicted molar refractivity (Wildman–Crippen MR) is 86.0 cm³/mol. The highest BCUT2D eigenvalue weighted by Gasteiger charge is 2.12. The average molecular weight is 291 g/mol. The number of hydrazone groups is 1. The standard InChI is InChI=1S/C17H13N3O2/c21-17(22)16(13-6-2-1-3-7-13)20-19-14-10-4-8-12-9-5-11-18-15(12)14/h1-11,19H,(H,21,22)/b20-16-. The molecule has 0 aliphatic rings. The van der Waals surface area contributed by atoms with E-state index < -0.39 is 5.97 Å². The summed E-state index contributed by atoms with van der Waals surface area (Å²) in [6.07, 6.45) is 1.69. The molecule has 2 aromatic carbocycles. The molecular weight excluding hydrogens is 278 g/mol. The molecule has 0 unspecified atom stereocenters. The summed E-state index contributed by atoms with van der Waals surface area (Å²) in [5.74, 6) is -1.09. The van der Waals surface area contributed by atoms with Crippen LogP contribution in [0.15, 0.2) is 72.0 Å². The number of aliphatic carboxylic acids is 1. The maximum Gasteiger partial charge on any atom is 0.356 e. The lowest BCUT2D eigenvalue weighted by atomic mass is 10.1.